The van der Waals surface area contributed by atoms with E-state index in [0.717, 1.165) is 22.8 Å². The highest BCUT2D eigenvalue weighted by Gasteiger charge is 2.13. The number of aromatic nitrogens is 1. The Hall–Kier alpha value is -1.61. The predicted molar refractivity (Wildman–Crippen MR) is 87.0 cm³/mol. The summed E-state index contributed by atoms with van der Waals surface area (Å²) in [6.45, 7) is 6.93. The van der Waals surface area contributed by atoms with Crippen molar-refractivity contribution in [2.24, 2.45) is 0 Å². The summed E-state index contributed by atoms with van der Waals surface area (Å²) in [6.07, 6.45) is 0. The Labute approximate surface area is 130 Å². The van der Waals surface area contributed by atoms with Crippen LogP contribution in [0.3, 0.4) is 0 Å². The molecule has 0 saturated carbocycles. The van der Waals surface area contributed by atoms with Crippen LogP contribution in [-0.2, 0) is 5.88 Å². The van der Waals surface area contributed by atoms with Crippen molar-refractivity contribution in [3.05, 3.63) is 53.5 Å². The second kappa shape index (κ2) is 6.90. The van der Waals surface area contributed by atoms with Crippen molar-refractivity contribution >= 4 is 23.1 Å². The molecule has 2 rings (SSSR count). The second-order valence-electron chi connectivity index (χ2n) is 5.27. The molecule has 0 aliphatic heterocycles. The summed E-state index contributed by atoms with van der Waals surface area (Å²) in [6, 6.07) is 10.6. The number of benzene rings is 1. The monoisotopic (exact) mass is 306 g/mol. The quantitative estimate of drug-likeness (QED) is 0.702. The molecule has 0 aliphatic carbocycles. The highest BCUT2D eigenvalue weighted by Crippen LogP contribution is 2.27. The predicted octanol–water partition coefficient (Wildman–Crippen LogP) is 5.24. The molecular formula is C17H20ClFN2. The Balaban J connectivity index is 2.48. The molecule has 2 nitrogen and oxygen atoms in total. The standard InChI is InChI=1S/C17H20ClFN2/c1-4-21(15-7-5-6-14(19)10-15)17-9-13(11-18)8-16(20-17)12(2)3/h5-10,12H,4,11H2,1-3H3. The van der Waals surface area contributed by atoms with Crippen LogP contribution in [0.4, 0.5) is 15.9 Å². The van der Waals surface area contributed by atoms with Crippen LogP contribution >= 0.6 is 11.6 Å². The van der Waals surface area contributed by atoms with Gasteiger partial charge in [-0.05, 0) is 48.7 Å². The Kier molecular flexibility index (Phi) is 5.18. The molecule has 0 radical (unpaired) electrons. The van der Waals surface area contributed by atoms with Gasteiger partial charge in [0.05, 0.1) is 0 Å². The summed E-state index contributed by atoms with van der Waals surface area (Å²) in [5.41, 5.74) is 2.82. The highest BCUT2D eigenvalue weighted by molar-refractivity contribution is 6.17. The number of anilines is 2. The third-order valence-corrected chi connectivity index (χ3v) is 3.66. The van der Waals surface area contributed by atoms with E-state index in [1.54, 1.807) is 6.07 Å². The molecule has 112 valence electrons. The second-order valence-corrected chi connectivity index (χ2v) is 5.54. The van der Waals surface area contributed by atoms with Crippen LogP contribution in [0.25, 0.3) is 0 Å². The van der Waals surface area contributed by atoms with Crippen molar-refractivity contribution in [1.29, 1.82) is 0 Å². The first-order chi connectivity index (χ1) is 10.0. The zero-order valence-electron chi connectivity index (χ0n) is 12.6. The van der Waals surface area contributed by atoms with Gasteiger partial charge in [-0.3, -0.25) is 0 Å². The first-order valence-electron chi connectivity index (χ1n) is 7.15. The number of pyridine rings is 1. The van der Waals surface area contributed by atoms with E-state index in [-0.39, 0.29) is 5.82 Å². The van der Waals surface area contributed by atoms with E-state index in [1.165, 1.54) is 12.1 Å². The number of rotatable bonds is 5. The van der Waals surface area contributed by atoms with Gasteiger partial charge in [-0.2, -0.15) is 0 Å². The summed E-state index contributed by atoms with van der Waals surface area (Å²) in [5, 5.41) is 0. The molecule has 0 aliphatic rings. The topological polar surface area (TPSA) is 16.1 Å². The lowest BCUT2D eigenvalue weighted by atomic mass is 10.1. The van der Waals surface area contributed by atoms with E-state index in [4.69, 9.17) is 16.6 Å². The summed E-state index contributed by atoms with van der Waals surface area (Å²) in [7, 11) is 0. The molecule has 4 heteroatoms. The third kappa shape index (κ3) is 3.73. The minimum atomic E-state index is -0.247. The number of hydrogen-bond donors (Lipinski definition) is 0. The molecule has 0 amide bonds. The third-order valence-electron chi connectivity index (χ3n) is 3.35. The Morgan fingerprint density at radius 1 is 1.24 bits per heavy atom. The number of halogens is 2. The van der Waals surface area contributed by atoms with E-state index in [1.807, 2.05) is 30.0 Å². The van der Waals surface area contributed by atoms with Crippen LogP contribution in [-0.4, -0.2) is 11.5 Å². The number of hydrogen-bond acceptors (Lipinski definition) is 2. The van der Waals surface area contributed by atoms with Crippen molar-refractivity contribution in [2.45, 2.75) is 32.6 Å². The maximum atomic E-state index is 13.5. The molecule has 1 aromatic heterocycles. The minimum Gasteiger partial charge on any atom is -0.327 e. The molecule has 0 atom stereocenters. The van der Waals surface area contributed by atoms with Crippen molar-refractivity contribution in [3.63, 3.8) is 0 Å². The SMILES string of the molecule is CCN(c1cccc(F)c1)c1cc(CCl)cc(C(C)C)n1. The summed E-state index contributed by atoms with van der Waals surface area (Å²) >= 11 is 5.99. The number of nitrogens with zero attached hydrogens (tertiary/aromatic N) is 2. The molecular weight excluding hydrogens is 287 g/mol. The van der Waals surface area contributed by atoms with Gasteiger partial charge in [0.15, 0.2) is 0 Å². The fourth-order valence-corrected chi connectivity index (χ4v) is 2.38. The maximum absolute atomic E-state index is 13.5. The van der Waals surface area contributed by atoms with Crippen molar-refractivity contribution in [1.82, 2.24) is 4.98 Å². The van der Waals surface area contributed by atoms with Gasteiger partial charge in [0.25, 0.3) is 0 Å². The summed E-state index contributed by atoms with van der Waals surface area (Å²) in [5.74, 6) is 1.32. The van der Waals surface area contributed by atoms with Gasteiger partial charge in [-0.25, -0.2) is 9.37 Å². The van der Waals surface area contributed by atoms with Gasteiger partial charge in [0.1, 0.15) is 11.6 Å². The van der Waals surface area contributed by atoms with Crippen LogP contribution in [0.1, 0.15) is 37.9 Å². The number of alkyl halides is 1. The molecule has 0 fully saturated rings. The van der Waals surface area contributed by atoms with Crippen molar-refractivity contribution < 1.29 is 4.39 Å². The van der Waals surface area contributed by atoms with E-state index in [9.17, 15) is 4.39 Å². The molecule has 21 heavy (non-hydrogen) atoms. The molecule has 1 aromatic carbocycles. The van der Waals surface area contributed by atoms with Crippen LogP contribution in [0.5, 0.6) is 0 Å². The van der Waals surface area contributed by atoms with Crippen molar-refractivity contribution in [3.8, 4) is 0 Å². The van der Waals surface area contributed by atoms with Crippen LogP contribution in [0.2, 0.25) is 0 Å². The lowest BCUT2D eigenvalue weighted by Gasteiger charge is -2.24. The molecule has 0 unspecified atom stereocenters. The largest absolute Gasteiger partial charge is 0.327 e. The first kappa shape index (κ1) is 15.8. The minimum absolute atomic E-state index is 0.247. The average molecular weight is 307 g/mol. The smallest absolute Gasteiger partial charge is 0.133 e. The van der Waals surface area contributed by atoms with Gasteiger partial charge < -0.3 is 4.90 Å². The lowest BCUT2D eigenvalue weighted by Crippen LogP contribution is -2.18. The molecule has 1 heterocycles. The first-order valence-corrected chi connectivity index (χ1v) is 7.68. The van der Waals surface area contributed by atoms with Gasteiger partial charge in [-0.15, -0.1) is 11.6 Å². The molecule has 0 saturated heterocycles. The lowest BCUT2D eigenvalue weighted by molar-refractivity contribution is 0.627. The van der Waals surface area contributed by atoms with Crippen LogP contribution in [0.15, 0.2) is 36.4 Å². The van der Waals surface area contributed by atoms with Gasteiger partial charge >= 0.3 is 0 Å². The van der Waals surface area contributed by atoms with E-state index >= 15 is 0 Å². The molecule has 0 bridgehead atoms. The van der Waals surface area contributed by atoms with E-state index < -0.39 is 0 Å². The summed E-state index contributed by atoms with van der Waals surface area (Å²) in [4.78, 5) is 6.69. The zero-order valence-corrected chi connectivity index (χ0v) is 13.4. The van der Waals surface area contributed by atoms with Crippen LogP contribution < -0.4 is 4.90 Å². The maximum Gasteiger partial charge on any atom is 0.133 e. The molecule has 0 N–H and O–H groups in total. The summed E-state index contributed by atoms with van der Waals surface area (Å²) < 4.78 is 13.5. The highest BCUT2D eigenvalue weighted by atomic mass is 35.5. The van der Waals surface area contributed by atoms with Crippen molar-refractivity contribution in [2.75, 3.05) is 11.4 Å². The van der Waals surface area contributed by atoms with E-state index in [0.29, 0.717) is 18.3 Å². The Morgan fingerprint density at radius 2 is 2.00 bits per heavy atom. The molecule has 0 spiro atoms. The van der Waals surface area contributed by atoms with Gasteiger partial charge in [0, 0.05) is 23.8 Å². The Morgan fingerprint density at radius 3 is 2.57 bits per heavy atom. The average Bonchev–Trinajstić information content (AvgIpc) is 2.47. The zero-order chi connectivity index (χ0) is 15.4. The normalized spacial score (nSPS) is 11.0. The van der Waals surface area contributed by atoms with Gasteiger partial charge in [0.2, 0.25) is 0 Å². The molecule has 2 aromatic rings. The van der Waals surface area contributed by atoms with E-state index in [2.05, 4.69) is 13.8 Å². The van der Waals surface area contributed by atoms with Crippen LogP contribution in [0, 0.1) is 5.82 Å². The van der Waals surface area contributed by atoms with Gasteiger partial charge in [-0.1, -0.05) is 19.9 Å². The Bertz CT molecular complexity index is 613. The fourth-order valence-electron chi connectivity index (χ4n) is 2.23. The fraction of sp³-hybridized carbons (Fsp3) is 0.353.